The number of nitrogens with one attached hydrogen (secondary N) is 1. The Hall–Kier alpha value is -1.55. The molecule has 4 nitrogen and oxygen atoms in total. The van der Waals surface area contributed by atoms with Gasteiger partial charge in [-0.1, -0.05) is 19.4 Å². The molecule has 1 aliphatic rings. The van der Waals surface area contributed by atoms with Gasteiger partial charge in [-0.3, -0.25) is 4.79 Å². The molecule has 1 amide bonds. The smallest absolute Gasteiger partial charge is 0.227 e. The van der Waals surface area contributed by atoms with Crippen LogP contribution in [0.15, 0.2) is 24.3 Å². The Morgan fingerprint density at radius 1 is 1.45 bits per heavy atom. The van der Waals surface area contributed by atoms with Crippen molar-refractivity contribution in [3.63, 3.8) is 0 Å². The molecule has 20 heavy (non-hydrogen) atoms. The molecule has 2 unspecified atom stereocenters. The van der Waals surface area contributed by atoms with Crippen LogP contribution in [-0.2, 0) is 4.79 Å². The minimum Gasteiger partial charge on any atom is -0.494 e. The first kappa shape index (κ1) is 14.9. The summed E-state index contributed by atoms with van der Waals surface area (Å²) in [7, 11) is 0. The van der Waals surface area contributed by atoms with E-state index < -0.39 is 0 Å². The monoisotopic (exact) mass is 276 g/mol. The standard InChI is InChI=1S/C16H24N2O2/c1-2-9-20-15-8-4-7-14(11-15)18-16(19)12-5-3-6-13(17)10-12/h4,7-8,11-13H,2-3,5-6,9-10,17H2,1H3,(H,18,19). The van der Waals surface area contributed by atoms with Crippen LogP contribution in [0.25, 0.3) is 0 Å². The topological polar surface area (TPSA) is 64.3 Å². The van der Waals surface area contributed by atoms with Crippen LogP contribution in [0.4, 0.5) is 5.69 Å². The van der Waals surface area contributed by atoms with E-state index in [1.807, 2.05) is 24.3 Å². The number of amides is 1. The molecule has 0 spiro atoms. The molecule has 1 fully saturated rings. The van der Waals surface area contributed by atoms with E-state index in [9.17, 15) is 4.79 Å². The number of benzene rings is 1. The predicted octanol–water partition coefficient (Wildman–Crippen LogP) is 2.93. The van der Waals surface area contributed by atoms with Gasteiger partial charge >= 0.3 is 0 Å². The summed E-state index contributed by atoms with van der Waals surface area (Å²) >= 11 is 0. The lowest BCUT2D eigenvalue weighted by Crippen LogP contribution is -2.34. The van der Waals surface area contributed by atoms with Crippen LogP contribution >= 0.6 is 0 Å². The molecule has 1 aliphatic carbocycles. The molecule has 1 saturated carbocycles. The normalized spacial score (nSPS) is 22.3. The maximum absolute atomic E-state index is 12.2. The Bertz CT molecular complexity index is 448. The zero-order valence-electron chi connectivity index (χ0n) is 12.1. The molecular formula is C16H24N2O2. The van der Waals surface area contributed by atoms with Crippen LogP contribution in [0.3, 0.4) is 0 Å². The van der Waals surface area contributed by atoms with Crippen molar-refractivity contribution < 1.29 is 9.53 Å². The molecule has 0 radical (unpaired) electrons. The summed E-state index contributed by atoms with van der Waals surface area (Å²) in [5, 5.41) is 2.97. The van der Waals surface area contributed by atoms with Crippen molar-refractivity contribution in [2.75, 3.05) is 11.9 Å². The highest BCUT2D eigenvalue weighted by Gasteiger charge is 2.25. The molecule has 1 aromatic rings. The van der Waals surface area contributed by atoms with E-state index in [0.29, 0.717) is 6.61 Å². The Morgan fingerprint density at radius 2 is 2.30 bits per heavy atom. The molecule has 2 rings (SSSR count). The van der Waals surface area contributed by atoms with Gasteiger partial charge in [0.2, 0.25) is 5.91 Å². The molecule has 0 heterocycles. The average Bonchev–Trinajstić information content (AvgIpc) is 2.45. The van der Waals surface area contributed by atoms with Crippen molar-refractivity contribution >= 4 is 11.6 Å². The number of carbonyl (C=O) groups is 1. The van der Waals surface area contributed by atoms with Gasteiger partial charge in [0, 0.05) is 23.7 Å². The first-order valence-corrected chi connectivity index (χ1v) is 7.48. The van der Waals surface area contributed by atoms with Crippen molar-refractivity contribution in [3.8, 4) is 5.75 Å². The van der Waals surface area contributed by atoms with Crippen molar-refractivity contribution in [1.82, 2.24) is 0 Å². The van der Waals surface area contributed by atoms with Gasteiger partial charge in [0.25, 0.3) is 0 Å². The summed E-state index contributed by atoms with van der Waals surface area (Å²) in [6, 6.07) is 7.73. The second kappa shape index (κ2) is 7.29. The Kier molecular flexibility index (Phi) is 5.41. The third-order valence-corrected chi connectivity index (χ3v) is 3.66. The van der Waals surface area contributed by atoms with Gasteiger partial charge in [0.05, 0.1) is 6.61 Å². The maximum Gasteiger partial charge on any atom is 0.227 e. The summed E-state index contributed by atoms with van der Waals surface area (Å²) < 4.78 is 5.57. The van der Waals surface area contributed by atoms with E-state index in [1.165, 1.54) is 0 Å². The van der Waals surface area contributed by atoms with Gasteiger partial charge in [0.15, 0.2) is 0 Å². The molecule has 0 bridgehead atoms. The molecular weight excluding hydrogens is 252 g/mol. The van der Waals surface area contributed by atoms with Crippen molar-refractivity contribution in [2.45, 2.75) is 45.1 Å². The second-order valence-electron chi connectivity index (χ2n) is 5.49. The van der Waals surface area contributed by atoms with E-state index in [1.54, 1.807) is 0 Å². The lowest BCUT2D eigenvalue weighted by atomic mass is 9.85. The van der Waals surface area contributed by atoms with E-state index in [0.717, 1.165) is 43.5 Å². The fraction of sp³-hybridized carbons (Fsp3) is 0.562. The first-order chi connectivity index (χ1) is 9.69. The SMILES string of the molecule is CCCOc1cccc(NC(=O)C2CCCC(N)C2)c1. The van der Waals surface area contributed by atoms with Crippen LogP contribution in [0, 0.1) is 5.92 Å². The van der Waals surface area contributed by atoms with E-state index in [4.69, 9.17) is 10.5 Å². The minimum atomic E-state index is 0.0407. The number of anilines is 1. The van der Waals surface area contributed by atoms with E-state index in [2.05, 4.69) is 12.2 Å². The summed E-state index contributed by atoms with van der Waals surface area (Å²) in [4.78, 5) is 12.2. The number of carbonyl (C=O) groups excluding carboxylic acids is 1. The molecule has 4 heteroatoms. The van der Waals surface area contributed by atoms with Crippen molar-refractivity contribution in [2.24, 2.45) is 11.7 Å². The summed E-state index contributed by atoms with van der Waals surface area (Å²) in [6.45, 7) is 2.76. The Balaban J connectivity index is 1.93. The highest BCUT2D eigenvalue weighted by molar-refractivity contribution is 5.92. The highest BCUT2D eigenvalue weighted by Crippen LogP contribution is 2.25. The Morgan fingerprint density at radius 3 is 3.05 bits per heavy atom. The number of nitrogens with two attached hydrogens (primary N) is 1. The zero-order chi connectivity index (χ0) is 14.4. The largest absolute Gasteiger partial charge is 0.494 e. The fourth-order valence-electron chi connectivity index (χ4n) is 2.59. The third-order valence-electron chi connectivity index (χ3n) is 3.66. The van der Waals surface area contributed by atoms with Crippen molar-refractivity contribution in [3.05, 3.63) is 24.3 Å². The van der Waals surface area contributed by atoms with Gasteiger partial charge in [-0.15, -0.1) is 0 Å². The number of hydrogen-bond donors (Lipinski definition) is 2. The van der Waals surface area contributed by atoms with Crippen LogP contribution in [-0.4, -0.2) is 18.6 Å². The second-order valence-corrected chi connectivity index (χ2v) is 5.49. The maximum atomic E-state index is 12.2. The molecule has 0 aliphatic heterocycles. The summed E-state index contributed by atoms with van der Waals surface area (Å²) in [5.41, 5.74) is 6.73. The highest BCUT2D eigenvalue weighted by atomic mass is 16.5. The zero-order valence-corrected chi connectivity index (χ0v) is 12.1. The van der Waals surface area contributed by atoms with Gasteiger partial charge < -0.3 is 15.8 Å². The quantitative estimate of drug-likeness (QED) is 0.869. The van der Waals surface area contributed by atoms with Crippen LogP contribution in [0.5, 0.6) is 5.75 Å². The van der Waals surface area contributed by atoms with Crippen LogP contribution < -0.4 is 15.8 Å². The molecule has 110 valence electrons. The molecule has 0 saturated heterocycles. The fourth-order valence-corrected chi connectivity index (χ4v) is 2.59. The third kappa shape index (κ3) is 4.23. The molecule has 2 atom stereocenters. The predicted molar refractivity (Wildman–Crippen MR) is 80.8 cm³/mol. The van der Waals surface area contributed by atoms with Crippen molar-refractivity contribution in [1.29, 1.82) is 0 Å². The number of hydrogen-bond acceptors (Lipinski definition) is 3. The van der Waals surface area contributed by atoms with E-state index >= 15 is 0 Å². The first-order valence-electron chi connectivity index (χ1n) is 7.48. The minimum absolute atomic E-state index is 0.0407. The summed E-state index contributed by atoms with van der Waals surface area (Å²) in [6.07, 6.45) is 4.77. The number of ether oxygens (including phenoxy) is 1. The van der Waals surface area contributed by atoms with Gasteiger partial charge in [-0.2, -0.15) is 0 Å². The lowest BCUT2D eigenvalue weighted by molar-refractivity contribution is -0.120. The van der Waals surface area contributed by atoms with Gasteiger partial charge in [-0.05, 0) is 37.8 Å². The van der Waals surface area contributed by atoms with Gasteiger partial charge in [-0.25, -0.2) is 0 Å². The van der Waals surface area contributed by atoms with Crippen LogP contribution in [0.2, 0.25) is 0 Å². The Labute approximate surface area is 120 Å². The van der Waals surface area contributed by atoms with Crippen LogP contribution in [0.1, 0.15) is 39.0 Å². The average molecular weight is 276 g/mol. The summed E-state index contributed by atoms with van der Waals surface area (Å²) in [5.74, 6) is 0.914. The van der Waals surface area contributed by atoms with Gasteiger partial charge in [0.1, 0.15) is 5.75 Å². The van der Waals surface area contributed by atoms with E-state index in [-0.39, 0.29) is 17.9 Å². The molecule has 1 aromatic carbocycles. The number of rotatable bonds is 5. The molecule has 3 N–H and O–H groups in total. The molecule has 0 aromatic heterocycles. The lowest BCUT2D eigenvalue weighted by Gasteiger charge is -2.25.